The number of amides is 1. The lowest BCUT2D eigenvalue weighted by Gasteiger charge is -2.25. The predicted molar refractivity (Wildman–Crippen MR) is 101 cm³/mol. The number of Topliss-reactive ketones (excluding diaryl/α,β-unsaturated/α-hetero) is 1. The first-order chi connectivity index (χ1) is 12.0. The number of benzene rings is 2. The molecule has 25 heavy (non-hydrogen) atoms. The maximum atomic E-state index is 13.1. The summed E-state index contributed by atoms with van der Waals surface area (Å²) in [6, 6.07) is 17.0. The standard InChI is InChI=1S/C21H22N2O2/c1-4-22(17-10-6-5-7-11-17)21(25)15(2)23-14-19(16(3)24)18-12-8-9-13-20(18)23/h5-15H,4H2,1-3H3/t15-/m0/s1. The zero-order chi connectivity index (χ0) is 18.0. The van der Waals surface area contributed by atoms with Crippen molar-refractivity contribution in [3.8, 4) is 0 Å². The van der Waals surface area contributed by atoms with Gasteiger partial charge in [0.2, 0.25) is 5.91 Å². The quantitative estimate of drug-likeness (QED) is 0.647. The number of carbonyl (C=O) groups is 2. The van der Waals surface area contributed by atoms with Crippen molar-refractivity contribution in [3.63, 3.8) is 0 Å². The summed E-state index contributed by atoms with van der Waals surface area (Å²) in [7, 11) is 0. The van der Waals surface area contributed by atoms with Crippen molar-refractivity contribution in [2.24, 2.45) is 0 Å². The van der Waals surface area contributed by atoms with Crippen molar-refractivity contribution in [2.75, 3.05) is 11.4 Å². The minimum atomic E-state index is -0.404. The molecule has 0 saturated carbocycles. The number of aromatic nitrogens is 1. The number of carbonyl (C=O) groups excluding carboxylic acids is 2. The van der Waals surface area contributed by atoms with Gasteiger partial charge in [-0.3, -0.25) is 9.59 Å². The number of ketones is 1. The highest BCUT2D eigenvalue weighted by atomic mass is 16.2. The summed E-state index contributed by atoms with van der Waals surface area (Å²) in [4.78, 5) is 26.9. The fraction of sp³-hybridized carbons (Fsp3) is 0.238. The topological polar surface area (TPSA) is 42.3 Å². The maximum absolute atomic E-state index is 13.1. The minimum absolute atomic E-state index is 0.00422. The molecular formula is C21H22N2O2. The van der Waals surface area contributed by atoms with Gasteiger partial charge in [0.25, 0.3) is 0 Å². The lowest BCUT2D eigenvalue weighted by Crippen LogP contribution is -2.36. The fourth-order valence-electron chi connectivity index (χ4n) is 3.22. The Morgan fingerprint density at radius 3 is 2.32 bits per heavy atom. The summed E-state index contributed by atoms with van der Waals surface area (Å²) in [6.07, 6.45) is 1.80. The van der Waals surface area contributed by atoms with Gasteiger partial charge in [-0.1, -0.05) is 36.4 Å². The van der Waals surface area contributed by atoms with Crippen LogP contribution in [0.25, 0.3) is 10.9 Å². The number of hydrogen-bond donors (Lipinski definition) is 0. The molecule has 0 spiro atoms. The Balaban J connectivity index is 2.03. The Morgan fingerprint density at radius 1 is 1.04 bits per heavy atom. The van der Waals surface area contributed by atoms with Gasteiger partial charge in [0.1, 0.15) is 6.04 Å². The van der Waals surface area contributed by atoms with E-state index in [1.807, 2.05) is 73.0 Å². The average Bonchev–Trinajstić information content (AvgIpc) is 3.02. The number of likely N-dealkylation sites (N-methyl/N-ethyl adjacent to an activating group) is 1. The number of para-hydroxylation sites is 2. The lowest BCUT2D eigenvalue weighted by molar-refractivity contribution is -0.121. The van der Waals surface area contributed by atoms with Crippen LogP contribution in [0.3, 0.4) is 0 Å². The third-order valence-corrected chi connectivity index (χ3v) is 4.54. The molecule has 3 rings (SSSR count). The van der Waals surface area contributed by atoms with Crippen LogP contribution in [0.1, 0.15) is 37.2 Å². The van der Waals surface area contributed by atoms with Crippen molar-refractivity contribution >= 4 is 28.3 Å². The van der Waals surface area contributed by atoms with Crippen LogP contribution in [-0.4, -0.2) is 22.8 Å². The summed E-state index contributed by atoms with van der Waals surface area (Å²) in [5.41, 5.74) is 2.43. The van der Waals surface area contributed by atoms with Gasteiger partial charge >= 0.3 is 0 Å². The number of anilines is 1. The normalized spacial score (nSPS) is 12.1. The summed E-state index contributed by atoms with van der Waals surface area (Å²) in [5, 5.41) is 0.886. The molecule has 128 valence electrons. The largest absolute Gasteiger partial charge is 0.334 e. The molecule has 0 saturated heterocycles. The van der Waals surface area contributed by atoms with Gasteiger partial charge in [-0.15, -0.1) is 0 Å². The Labute approximate surface area is 147 Å². The van der Waals surface area contributed by atoms with E-state index in [2.05, 4.69) is 0 Å². The van der Waals surface area contributed by atoms with E-state index in [9.17, 15) is 9.59 Å². The summed E-state index contributed by atoms with van der Waals surface area (Å²) in [6.45, 7) is 5.99. The van der Waals surface area contributed by atoms with Gasteiger partial charge in [-0.25, -0.2) is 0 Å². The SMILES string of the molecule is CCN(C(=O)[C@H](C)n1cc(C(C)=O)c2ccccc21)c1ccccc1. The number of rotatable bonds is 5. The van der Waals surface area contributed by atoms with Crippen molar-refractivity contribution in [3.05, 3.63) is 66.4 Å². The smallest absolute Gasteiger partial charge is 0.249 e. The molecule has 1 amide bonds. The first kappa shape index (κ1) is 17.0. The molecule has 0 bridgehead atoms. The molecule has 0 N–H and O–H groups in total. The van der Waals surface area contributed by atoms with Crippen LogP contribution >= 0.6 is 0 Å². The lowest BCUT2D eigenvalue weighted by atomic mass is 10.1. The molecule has 2 aromatic carbocycles. The second-order valence-electron chi connectivity index (χ2n) is 6.12. The zero-order valence-electron chi connectivity index (χ0n) is 14.8. The van der Waals surface area contributed by atoms with E-state index in [1.165, 1.54) is 0 Å². The molecule has 0 aliphatic rings. The van der Waals surface area contributed by atoms with Gasteiger partial charge < -0.3 is 9.47 Å². The van der Waals surface area contributed by atoms with Crippen molar-refractivity contribution in [1.82, 2.24) is 4.57 Å². The molecule has 4 heteroatoms. The Bertz CT molecular complexity index is 912. The first-order valence-electron chi connectivity index (χ1n) is 8.51. The van der Waals surface area contributed by atoms with Crippen LogP contribution in [0.4, 0.5) is 5.69 Å². The summed E-state index contributed by atoms with van der Waals surface area (Å²) < 4.78 is 1.90. The van der Waals surface area contributed by atoms with E-state index >= 15 is 0 Å². The van der Waals surface area contributed by atoms with Gasteiger partial charge in [0.05, 0.1) is 0 Å². The Morgan fingerprint density at radius 2 is 1.68 bits per heavy atom. The van der Waals surface area contributed by atoms with Crippen LogP contribution in [0.5, 0.6) is 0 Å². The first-order valence-corrected chi connectivity index (χ1v) is 8.51. The molecule has 0 unspecified atom stereocenters. The average molecular weight is 334 g/mol. The monoisotopic (exact) mass is 334 g/mol. The van der Waals surface area contributed by atoms with Crippen LogP contribution in [-0.2, 0) is 4.79 Å². The van der Waals surface area contributed by atoms with Crippen LogP contribution in [0, 0.1) is 0 Å². The van der Waals surface area contributed by atoms with E-state index in [-0.39, 0.29) is 11.7 Å². The van der Waals surface area contributed by atoms with Gasteiger partial charge in [0.15, 0.2) is 5.78 Å². The summed E-state index contributed by atoms with van der Waals surface area (Å²) in [5.74, 6) is 0.00885. The Kier molecular flexibility index (Phi) is 4.70. The molecule has 3 aromatic rings. The zero-order valence-corrected chi connectivity index (χ0v) is 14.8. The maximum Gasteiger partial charge on any atom is 0.249 e. The number of hydrogen-bond acceptors (Lipinski definition) is 2. The van der Waals surface area contributed by atoms with Crippen LogP contribution in [0.15, 0.2) is 60.8 Å². The second kappa shape index (κ2) is 6.93. The van der Waals surface area contributed by atoms with E-state index < -0.39 is 6.04 Å². The predicted octanol–water partition coefficient (Wildman–Crippen LogP) is 4.46. The molecule has 1 aromatic heterocycles. The van der Waals surface area contributed by atoms with Crippen LogP contribution in [0.2, 0.25) is 0 Å². The molecule has 1 atom stereocenters. The van der Waals surface area contributed by atoms with E-state index in [4.69, 9.17) is 0 Å². The fourth-order valence-corrected chi connectivity index (χ4v) is 3.22. The highest BCUT2D eigenvalue weighted by Gasteiger charge is 2.24. The van der Waals surface area contributed by atoms with Crippen LogP contribution < -0.4 is 4.90 Å². The Hall–Kier alpha value is -2.88. The van der Waals surface area contributed by atoms with E-state index in [1.54, 1.807) is 18.0 Å². The van der Waals surface area contributed by atoms with Crippen molar-refractivity contribution in [1.29, 1.82) is 0 Å². The van der Waals surface area contributed by atoms with E-state index in [0.29, 0.717) is 12.1 Å². The minimum Gasteiger partial charge on any atom is -0.334 e. The second-order valence-corrected chi connectivity index (χ2v) is 6.12. The van der Waals surface area contributed by atoms with Crippen molar-refractivity contribution < 1.29 is 9.59 Å². The highest BCUT2D eigenvalue weighted by Crippen LogP contribution is 2.27. The molecule has 0 aliphatic heterocycles. The molecule has 0 fully saturated rings. The number of nitrogens with zero attached hydrogens (tertiary/aromatic N) is 2. The summed E-state index contributed by atoms with van der Waals surface area (Å²) >= 11 is 0. The molecule has 0 aliphatic carbocycles. The molecule has 1 heterocycles. The molecular weight excluding hydrogens is 312 g/mol. The van der Waals surface area contributed by atoms with E-state index in [0.717, 1.165) is 16.6 Å². The third-order valence-electron chi connectivity index (χ3n) is 4.54. The molecule has 0 radical (unpaired) electrons. The van der Waals surface area contributed by atoms with Gasteiger partial charge in [-0.05, 0) is 39.0 Å². The van der Waals surface area contributed by atoms with Gasteiger partial charge in [0, 0.05) is 34.9 Å². The molecule has 4 nitrogen and oxygen atoms in total. The number of fused-ring (bicyclic) bond motifs is 1. The van der Waals surface area contributed by atoms with Crippen molar-refractivity contribution in [2.45, 2.75) is 26.8 Å². The third kappa shape index (κ3) is 3.07. The van der Waals surface area contributed by atoms with Gasteiger partial charge in [-0.2, -0.15) is 0 Å². The highest BCUT2D eigenvalue weighted by molar-refractivity contribution is 6.07.